The molecule has 1 aliphatic carbocycles. The molecule has 10 aromatic rings. The first kappa shape index (κ1) is 86.1. The fourth-order valence-electron chi connectivity index (χ4n) is 16.8. The van der Waals surface area contributed by atoms with Crippen molar-refractivity contribution in [2.75, 3.05) is 81.8 Å². The minimum atomic E-state index is -1.12. The third kappa shape index (κ3) is 18.7. The second-order valence-corrected chi connectivity index (χ2v) is 38.9. The average Bonchev–Trinajstić information content (AvgIpc) is 1.63. The second kappa shape index (κ2) is 32.4. The van der Waals surface area contributed by atoms with E-state index < -0.39 is 28.6 Å². The van der Waals surface area contributed by atoms with Crippen molar-refractivity contribution in [1.29, 1.82) is 0 Å². The number of fused-ring (bicyclic) bond motifs is 3. The summed E-state index contributed by atoms with van der Waals surface area (Å²) in [5.41, 5.74) is 8.90. The zero-order valence-corrected chi connectivity index (χ0v) is 72.6. The van der Waals surface area contributed by atoms with Crippen LogP contribution in [0.3, 0.4) is 0 Å². The summed E-state index contributed by atoms with van der Waals surface area (Å²) in [6.45, 7) is 46.2. The number of nitrogens with zero attached hydrogens (tertiary/aromatic N) is 14. The quantitative estimate of drug-likeness (QED) is 0.108. The number of furan rings is 3. The van der Waals surface area contributed by atoms with E-state index in [0.717, 1.165) is 57.6 Å². The van der Waals surface area contributed by atoms with Crippen LogP contribution in [0.1, 0.15) is 245 Å². The van der Waals surface area contributed by atoms with Crippen molar-refractivity contribution >= 4 is 92.1 Å². The van der Waals surface area contributed by atoms with E-state index in [-0.39, 0.29) is 74.1 Å². The molecule has 630 valence electrons. The average molecular weight is 1650 g/mol. The number of amides is 4. The molecule has 28 heteroatoms. The van der Waals surface area contributed by atoms with Gasteiger partial charge in [-0.25, -0.2) is 58.9 Å². The molecular formula is C91H111ClFN15O11. The predicted octanol–water partition coefficient (Wildman–Crippen LogP) is 16.7. The monoisotopic (exact) mass is 1640 g/mol. The number of hydrogen-bond acceptors (Lipinski definition) is 20. The van der Waals surface area contributed by atoms with Crippen LogP contribution in [-0.4, -0.2) is 200 Å². The number of rotatable bonds is 11. The lowest BCUT2D eigenvalue weighted by molar-refractivity contribution is -0.135. The zero-order chi connectivity index (χ0) is 86.2. The first-order valence-corrected chi connectivity index (χ1v) is 41.2. The molecule has 15 rings (SSSR count). The Morgan fingerprint density at radius 2 is 0.882 bits per heavy atom. The SMILES string of the molecule is CC(C)(C)c1cc(-c2ccc(Cl)cc2)nc2cc(C(=O)N3CCN(c4cnc(C(=O)O)cn4)CC3(C)C)oc12.CC(C)(C)c1cc(-c2ccc(F)cc2)nc2cc(C(=O)N3CCN(N4CCC(=O)NCC4(C)C)CC3(C)C)oc12.CC1(C)CCC(c2cc(C(C)(C)C)c3oc(C(=O)N4CCN(c5cnc(C(=O)O)cn5)CC4(C)C)cc3n2)CC1. The van der Waals surface area contributed by atoms with Crippen LogP contribution in [-0.2, 0) is 21.0 Å². The highest BCUT2D eigenvalue weighted by atomic mass is 35.5. The minimum absolute atomic E-state index is 0.0688. The highest BCUT2D eigenvalue weighted by Crippen LogP contribution is 2.45. The van der Waals surface area contributed by atoms with Crippen LogP contribution < -0.4 is 15.1 Å². The predicted molar refractivity (Wildman–Crippen MR) is 457 cm³/mol. The molecule has 4 amide bonds. The first-order chi connectivity index (χ1) is 55.6. The number of aromatic carboxylic acids is 2. The maximum atomic E-state index is 13.9. The number of benzene rings is 2. The Morgan fingerprint density at radius 3 is 1.27 bits per heavy atom. The number of carboxylic acids is 2. The molecule has 119 heavy (non-hydrogen) atoms. The Hall–Kier alpha value is -10.8. The molecule has 2 aromatic carbocycles. The molecular weight excluding hydrogens is 1530 g/mol. The van der Waals surface area contributed by atoms with Crippen molar-refractivity contribution in [3.05, 3.63) is 172 Å². The van der Waals surface area contributed by atoms with Gasteiger partial charge in [0.15, 0.2) is 45.4 Å². The lowest BCUT2D eigenvalue weighted by Gasteiger charge is -2.53. The van der Waals surface area contributed by atoms with E-state index in [1.165, 1.54) is 49.8 Å². The molecule has 5 aliphatic rings. The molecule has 12 heterocycles. The Morgan fingerprint density at radius 1 is 0.487 bits per heavy atom. The number of halogens is 2. The molecule has 0 radical (unpaired) electrons. The lowest BCUT2D eigenvalue weighted by atomic mass is 9.72. The topological polar surface area (TPSA) is 307 Å². The second-order valence-electron chi connectivity index (χ2n) is 38.5. The van der Waals surface area contributed by atoms with Gasteiger partial charge in [0.05, 0.1) is 52.8 Å². The summed E-state index contributed by atoms with van der Waals surface area (Å²) < 4.78 is 32.4. The Kier molecular flexibility index (Phi) is 23.4. The van der Waals surface area contributed by atoms with E-state index in [9.17, 15) is 33.2 Å². The molecule has 4 saturated heterocycles. The van der Waals surface area contributed by atoms with Crippen molar-refractivity contribution in [1.82, 2.24) is 64.9 Å². The summed E-state index contributed by atoms with van der Waals surface area (Å²) in [7, 11) is 0. The van der Waals surface area contributed by atoms with Crippen molar-refractivity contribution < 1.29 is 56.6 Å². The van der Waals surface area contributed by atoms with E-state index in [4.69, 9.17) is 50.0 Å². The summed E-state index contributed by atoms with van der Waals surface area (Å²) in [6.07, 6.45) is 10.5. The molecule has 3 N–H and O–H groups in total. The van der Waals surface area contributed by atoms with Gasteiger partial charge in [-0.15, -0.1) is 0 Å². The number of anilines is 2. The first-order valence-electron chi connectivity index (χ1n) is 40.9. The van der Waals surface area contributed by atoms with E-state index >= 15 is 0 Å². The largest absolute Gasteiger partial charge is 0.476 e. The maximum absolute atomic E-state index is 13.9. The van der Waals surface area contributed by atoms with Gasteiger partial charge in [-0.1, -0.05) is 99.9 Å². The van der Waals surface area contributed by atoms with Crippen LogP contribution in [0.2, 0.25) is 5.02 Å². The van der Waals surface area contributed by atoms with Crippen LogP contribution in [0.15, 0.2) is 123 Å². The van der Waals surface area contributed by atoms with Gasteiger partial charge in [-0.3, -0.25) is 19.2 Å². The van der Waals surface area contributed by atoms with Crippen LogP contribution in [0.4, 0.5) is 16.0 Å². The minimum Gasteiger partial charge on any atom is -0.476 e. The van der Waals surface area contributed by atoms with Crippen molar-refractivity contribution in [3.8, 4) is 22.5 Å². The van der Waals surface area contributed by atoms with Crippen LogP contribution in [0.25, 0.3) is 55.8 Å². The van der Waals surface area contributed by atoms with E-state index in [1.807, 2.05) is 89.8 Å². The van der Waals surface area contributed by atoms with Crippen LogP contribution >= 0.6 is 11.6 Å². The number of hydrazine groups is 1. The standard InChI is InChI=1S/C31H40FN5O3.C31H41N5O4.C29H30ClN5O4/c1-29(2,3)22-16-23(20-8-10-21(32)11-9-20)34-24-17-25(40-27(22)24)28(39)36-15-14-35(19-31(36,6)7)37-13-12-26(38)33-18-30(37,4)5;1-29(2,3)20-14-21(19-8-10-30(4,5)11-9-19)34-22-15-24(40-26(20)22)27(37)36-13-12-35(18-31(36,6)7)25-17-32-23(16-33-25)28(38)39;1-28(2,3)19-12-20(17-6-8-18(30)9-7-17)33-21-13-23(39-25(19)21)26(36)35-11-10-34(16-29(35,4)5)24-15-31-22(14-32-24)27(37)38/h8-11,16-17H,12-15,18-19H2,1-7H3,(H,33,38);14-17,19H,8-13,18H2,1-7H3,(H,38,39);6-9,12-15H,10-11,16H2,1-5H3,(H,37,38). The number of carbonyl (C=O) groups excluding carboxylic acids is 4. The Bertz CT molecular complexity index is 5490. The number of carbonyl (C=O) groups is 6. The maximum Gasteiger partial charge on any atom is 0.356 e. The van der Waals surface area contributed by atoms with Gasteiger partial charge in [0.1, 0.15) is 34.0 Å². The van der Waals surface area contributed by atoms with Gasteiger partial charge in [0.25, 0.3) is 17.7 Å². The summed E-state index contributed by atoms with van der Waals surface area (Å²) in [6, 6.07) is 25.3. The molecule has 4 aliphatic heterocycles. The lowest BCUT2D eigenvalue weighted by Crippen LogP contribution is -2.67. The number of aromatic nitrogens is 7. The molecule has 0 atom stereocenters. The summed E-state index contributed by atoms with van der Waals surface area (Å²) in [5, 5.41) is 26.4. The van der Waals surface area contributed by atoms with E-state index in [2.05, 4.69) is 145 Å². The third-order valence-electron chi connectivity index (χ3n) is 23.6. The highest BCUT2D eigenvalue weighted by Gasteiger charge is 2.46. The van der Waals surface area contributed by atoms with Crippen molar-refractivity contribution in [2.45, 2.75) is 208 Å². The van der Waals surface area contributed by atoms with Gasteiger partial charge in [0, 0.05) is 147 Å². The van der Waals surface area contributed by atoms with Gasteiger partial charge in [0.2, 0.25) is 5.91 Å². The zero-order valence-electron chi connectivity index (χ0n) is 71.9. The molecule has 1 saturated carbocycles. The number of carboxylic acid groups (broad SMARTS) is 2. The fraction of sp³-hybridized carbons (Fsp3) is 0.484. The highest BCUT2D eigenvalue weighted by molar-refractivity contribution is 6.30. The third-order valence-corrected chi connectivity index (χ3v) is 23.9. The summed E-state index contributed by atoms with van der Waals surface area (Å²) in [4.78, 5) is 117. The fourth-order valence-corrected chi connectivity index (χ4v) is 16.9. The van der Waals surface area contributed by atoms with E-state index in [1.54, 1.807) is 29.2 Å². The van der Waals surface area contributed by atoms with Gasteiger partial charge >= 0.3 is 11.9 Å². The smallest absolute Gasteiger partial charge is 0.356 e. The number of piperazine rings is 3. The van der Waals surface area contributed by atoms with Crippen LogP contribution in [0, 0.1) is 11.2 Å². The summed E-state index contributed by atoms with van der Waals surface area (Å²) >= 11 is 6.09. The molecule has 0 bridgehead atoms. The Labute approximate surface area is 699 Å². The number of pyridine rings is 3. The molecule has 0 unspecified atom stereocenters. The normalized spacial score (nSPS) is 18.6. The Balaban J connectivity index is 0.000000155. The van der Waals surface area contributed by atoms with Crippen LogP contribution in [0.5, 0.6) is 0 Å². The van der Waals surface area contributed by atoms with Crippen molar-refractivity contribution in [2.24, 2.45) is 5.41 Å². The molecule has 8 aromatic heterocycles. The van der Waals surface area contributed by atoms with Gasteiger partial charge in [-0.2, -0.15) is 0 Å². The molecule has 5 fully saturated rings. The van der Waals surface area contributed by atoms with Gasteiger partial charge < -0.3 is 53.3 Å². The number of nitrogens with one attached hydrogen (secondary N) is 1. The molecule has 26 nitrogen and oxygen atoms in total. The van der Waals surface area contributed by atoms with E-state index in [0.29, 0.717) is 146 Å². The number of hydrogen-bond donors (Lipinski definition) is 3. The van der Waals surface area contributed by atoms with Crippen molar-refractivity contribution in [3.63, 3.8) is 0 Å². The molecule has 0 spiro atoms. The summed E-state index contributed by atoms with van der Waals surface area (Å²) in [5.74, 6) is -0.618. The van der Waals surface area contributed by atoms with Gasteiger partial charge in [-0.05, 0) is 157 Å².